The molecular weight excluding hydrogens is 344 g/mol. The van der Waals surface area contributed by atoms with Gasteiger partial charge in [0, 0.05) is 17.5 Å². The Morgan fingerprint density at radius 1 is 0.885 bits per heavy atom. The lowest BCUT2D eigenvalue weighted by Gasteiger charge is -2.11. The van der Waals surface area contributed by atoms with Gasteiger partial charge in [0.15, 0.2) is 16.7 Å². The predicted molar refractivity (Wildman–Crippen MR) is 105 cm³/mol. The molecule has 0 aliphatic carbocycles. The second kappa shape index (κ2) is 8.23. The molecule has 0 N–H and O–H groups in total. The van der Waals surface area contributed by atoms with Crippen LogP contribution in [0.2, 0.25) is 0 Å². The highest BCUT2D eigenvalue weighted by Gasteiger charge is 2.10. The lowest BCUT2D eigenvalue weighted by Crippen LogP contribution is -1.97. The summed E-state index contributed by atoms with van der Waals surface area (Å²) in [6.07, 6.45) is 0. The number of hydrogen-bond donors (Lipinski definition) is 0. The number of thioether (sulfide) groups is 1. The molecule has 0 unspecified atom stereocenters. The van der Waals surface area contributed by atoms with Crippen molar-refractivity contribution in [3.8, 4) is 17.4 Å². The molecule has 0 saturated heterocycles. The molecule has 0 amide bonds. The summed E-state index contributed by atoms with van der Waals surface area (Å²) in [7, 11) is 1.63. The van der Waals surface area contributed by atoms with Crippen molar-refractivity contribution >= 4 is 11.8 Å². The second-order valence-electron chi connectivity index (χ2n) is 6.16. The summed E-state index contributed by atoms with van der Waals surface area (Å²) in [5.41, 5.74) is 4.49. The summed E-state index contributed by atoms with van der Waals surface area (Å²) in [4.78, 5) is 9.05. The SMILES string of the molecule is COc1cc(C)ccc1Oc1cc(C)nc(SCc2cccc(C)c2)n1. The third-order valence-corrected chi connectivity index (χ3v) is 4.71. The second-order valence-corrected chi connectivity index (χ2v) is 7.11. The summed E-state index contributed by atoms with van der Waals surface area (Å²) in [6.45, 7) is 6.05. The monoisotopic (exact) mass is 366 g/mol. The van der Waals surface area contributed by atoms with Gasteiger partial charge in [-0.2, -0.15) is 4.98 Å². The maximum atomic E-state index is 5.96. The van der Waals surface area contributed by atoms with Gasteiger partial charge >= 0.3 is 0 Å². The molecule has 4 nitrogen and oxygen atoms in total. The van der Waals surface area contributed by atoms with Gasteiger partial charge in [-0.1, -0.05) is 47.7 Å². The van der Waals surface area contributed by atoms with E-state index in [1.807, 2.05) is 38.1 Å². The van der Waals surface area contributed by atoms with Gasteiger partial charge in [-0.3, -0.25) is 0 Å². The van der Waals surface area contributed by atoms with E-state index in [1.54, 1.807) is 18.9 Å². The molecule has 5 heteroatoms. The van der Waals surface area contributed by atoms with Crippen LogP contribution in [0.3, 0.4) is 0 Å². The minimum absolute atomic E-state index is 0.520. The number of aryl methyl sites for hydroxylation is 3. The molecule has 134 valence electrons. The van der Waals surface area contributed by atoms with Crippen LogP contribution in [0.5, 0.6) is 17.4 Å². The van der Waals surface area contributed by atoms with E-state index in [0.29, 0.717) is 22.5 Å². The molecule has 0 bridgehead atoms. The molecule has 0 atom stereocenters. The van der Waals surface area contributed by atoms with Crippen molar-refractivity contribution in [1.82, 2.24) is 9.97 Å². The van der Waals surface area contributed by atoms with Crippen molar-refractivity contribution in [3.63, 3.8) is 0 Å². The van der Waals surface area contributed by atoms with E-state index < -0.39 is 0 Å². The zero-order chi connectivity index (χ0) is 18.5. The molecule has 26 heavy (non-hydrogen) atoms. The molecule has 1 heterocycles. The van der Waals surface area contributed by atoms with Crippen LogP contribution in [-0.2, 0) is 5.75 Å². The number of methoxy groups -OCH3 is 1. The number of benzene rings is 2. The van der Waals surface area contributed by atoms with Crippen LogP contribution >= 0.6 is 11.8 Å². The van der Waals surface area contributed by atoms with Crippen LogP contribution in [0.25, 0.3) is 0 Å². The lowest BCUT2D eigenvalue weighted by atomic mass is 10.2. The van der Waals surface area contributed by atoms with Crippen LogP contribution in [-0.4, -0.2) is 17.1 Å². The molecule has 3 aromatic rings. The van der Waals surface area contributed by atoms with Crippen LogP contribution in [0.4, 0.5) is 0 Å². The molecule has 0 aliphatic heterocycles. The highest BCUT2D eigenvalue weighted by Crippen LogP contribution is 2.32. The Kier molecular flexibility index (Phi) is 5.78. The predicted octanol–water partition coefficient (Wildman–Crippen LogP) is 5.50. The summed E-state index contributed by atoms with van der Waals surface area (Å²) in [5, 5.41) is 0.701. The molecule has 0 spiro atoms. The van der Waals surface area contributed by atoms with Gasteiger partial charge in [0.2, 0.25) is 5.88 Å². The van der Waals surface area contributed by atoms with Crippen molar-refractivity contribution in [2.45, 2.75) is 31.7 Å². The van der Waals surface area contributed by atoms with Gasteiger partial charge in [0.1, 0.15) is 0 Å². The standard InChI is InChI=1S/C21H22N2O2S/c1-14-6-5-7-17(10-14)13-26-21-22-16(3)12-20(23-21)25-18-9-8-15(2)11-19(18)24-4/h5-12H,13H2,1-4H3. The number of hydrogen-bond acceptors (Lipinski definition) is 5. The summed E-state index contributed by atoms with van der Waals surface area (Å²) in [5.74, 6) is 2.67. The topological polar surface area (TPSA) is 44.2 Å². The van der Waals surface area contributed by atoms with E-state index in [9.17, 15) is 0 Å². The summed E-state index contributed by atoms with van der Waals surface area (Å²) in [6, 6.07) is 16.1. The first-order valence-electron chi connectivity index (χ1n) is 8.40. The van der Waals surface area contributed by atoms with Crippen molar-refractivity contribution in [3.05, 3.63) is 70.9 Å². The Labute approximate surface area is 158 Å². The van der Waals surface area contributed by atoms with E-state index in [2.05, 4.69) is 41.2 Å². The minimum atomic E-state index is 0.520. The van der Waals surface area contributed by atoms with Gasteiger partial charge in [-0.05, 0) is 44.0 Å². The van der Waals surface area contributed by atoms with E-state index in [-0.39, 0.29) is 0 Å². The number of rotatable bonds is 6. The average Bonchev–Trinajstić information content (AvgIpc) is 2.61. The lowest BCUT2D eigenvalue weighted by molar-refractivity contribution is 0.372. The Balaban J connectivity index is 1.77. The Morgan fingerprint density at radius 3 is 2.46 bits per heavy atom. The maximum absolute atomic E-state index is 5.96. The first kappa shape index (κ1) is 18.3. The zero-order valence-corrected chi connectivity index (χ0v) is 16.3. The normalized spacial score (nSPS) is 10.6. The highest BCUT2D eigenvalue weighted by atomic mass is 32.2. The van der Waals surface area contributed by atoms with Gasteiger partial charge in [-0.25, -0.2) is 4.98 Å². The number of aromatic nitrogens is 2. The third-order valence-electron chi connectivity index (χ3n) is 3.79. The third kappa shape index (κ3) is 4.76. The van der Waals surface area contributed by atoms with E-state index in [1.165, 1.54) is 11.1 Å². The van der Waals surface area contributed by atoms with Crippen molar-refractivity contribution in [2.24, 2.45) is 0 Å². The fourth-order valence-electron chi connectivity index (χ4n) is 2.55. The Hall–Kier alpha value is -2.53. The van der Waals surface area contributed by atoms with Gasteiger partial charge in [0.05, 0.1) is 7.11 Å². The van der Waals surface area contributed by atoms with Crippen molar-refractivity contribution in [2.75, 3.05) is 7.11 Å². The largest absolute Gasteiger partial charge is 0.493 e. The molecule has 3 rings (SSSR count). The molecule has 0 saturated carbocycles. The van der Waals surface area contributed by atoms with Crippen molar-refractivity contribution < 1.29 is 9.47 Å². The maximum Gasteiger partial charge on any atom is 0.223 e. The zero-order valence-electron chi connectivity index (χ0n) is 15.4. The van der Waals surface area contributed by atoms with E-state index in [0.717, 1.165) is 17.0 Å². The smallest absolute Gasteiger partial charge is 0.223 e. The fraction of sp³-hybridized carbons (Fsp3) is 0.238. The quantitative estimate of drug-likeness (QED) is 0.426. The van der Waals surface area contributed by atoms with Crippen LogP contribution < -0.4 is 9.47 Å². The molecule has 1 aromatic heterocycles. The Bertz CT molecular complexity index is 912. The molecule has 0 radical (unpaired) electrons. The van der Waals surface area contributed by atoms with Crippen LogP contribution in [0.15, 0.2) is 53.7 Å². The van der Waals surface area contributed by atoms with Crippen LogP contribution in [0.1, 0.15) is 22.4 Å². The molecule has 0 aliphatic rings. The van der Waals surface area contributed by atoms with E-state index in [4.69, 9.17) is 9.47 Å². The van der Waals surface area contributed by atoms with Crippen molar-refractivity contribution in [1.29, 1.82) is 0 Å². The summed E-state index contributed by atoms with van der Waals surface area (Å²) >= 11 is 1.60. The molecule has 2 aromatic carbocycles. The fourth-order valence-corrected chi connectivity index (χ4v) is 3.39. The number of ether oxygens (including phenoxy) is 2. The Morgan fingerprint density at radius 2 is 1.69 bits per heavy atom. The minimum Gasteiger partial charge on any atom is -0.493 e. The van der Waals surface area contributed by atoms with Crippen LogP contribution in [0, 0.1) is 20.8 Å². The number of nitrogens with zero attached hydrogens (tertiary/aromatic N) is 2. The molecular formula is C21H22N2O2S. The van der Waals surface area contributed by atoms with Gasteiger partial charge < -0.3 is 9.47 Å². The average molecular weight is 366 g/mol. The highest BCUT2D eigenvalue weighted by molar-refractivity contribution is 7.98. The van der Waals surface area contributed by atoms with Gasteiger partial charge in [0.25, 0.3) is 0 Å². The first-order valence-corrected chi connectivity index (χ1v) is 9.38. The van der Waals surface area contributed by atoms with Gasteiger partial charge in [-0.15, -0.1) is 0 Å². The summed E-state index contributed by atoms with van der Waals surface area (Å²) < 4.78 is 11.4. The first-order chi connectivity index (χ1) is 12.5. The molecule has 0 fully saturated rings. The van der Waals surface area contributed by atoms with E-state index >= 15 is 0 Å².